The molecule has 4 aromatic rings. The maximum Gasteiger partial charge on any atom is 0.183 e. The van der Waals surface area contributed by atoms with Crippen LogP contribution in [0.4, 0.5) is 0 Å². The number of hydrogen-bond donors (Lipinski definition) is 0. The first-order valence-electron chi connectivity index (χ1n) is 13.8. The van der Waals surface area contributed by atoms with Crippen LogP contribution in [-0.2, 0) is 19.9 Å². The minimum Gasteiger partial charge on any atom is -0.488 e. The number of carbonyl (C=O) groups is 3. The van der Waals surface area contributed by atoms with Crippen LogP contribution in [0.1, 0.15) is 94.7 Å². The van der Waals surface area contributed by atoms with Gasteiger partial charge in [0.2, 0.25) is 0 Å². The van der Waals surface area contributed by atoms with Gasteiger partial charge in [-0.05, 0) is 56.9 Å². The first kappa shape index (κ1) is 29.7. The van der Waals surface area contributed by atoms with E-state index in [-0.39, 0.29) is 29.9 Å². The molecule has 0 bridgehead atoms. The summed E-state index contributed by atoms with van der Waals surface area (Å²) in [4.78, 5) is 44.4. The van der Waals surface area contributed by atoms with Crippen molar-refractivity contribution in [3.05, 3.63) is 80.3 Å². The van der Waals surface area contributed by atoms with Crippen LogP contribution in [-0.4, -0.2) is 33.0 Å². The highest BCUT2D eigenvalue weighted by Crippen LogP contribution is 2.35. The number of Topliss-reactive ketones (excluding diaryl/α,β-unsaturated/α-hetero) is 3. The Balaban J connectivity index is 1.53. The molecular formula is C32H35ClN2O4S. The van der Waals surface area contributed by atoms with Gasteiger partial charge in [-0.25, -0.2) is 4.98 Å². The first-order chi connectivity index (χ1) is 19.2. The lowest BCUT2D eigenvalue weighted by Gasteiger charge is -2.12. The van der Waals surface area contributed by atoms with Gasteiger partial charge in [0, 0.05) is 37.6 Å². The van der Waals surface area contributed by atoms with Crippen molar-refractivity contribution >= 4 is 51.3 Å². The Hall–Kier alpha value is -3.29. The van der Waals surface area contributed by atoms with Crippen LogP contribution in [0.25, 0.3) is 11.0 Å². The highest BCUT2D eigenvalue weighted by molar-refractivity contribution is 7.18. The zero-order chi connectivity index (χ0) is 28.8. The highest BCUT2D eigenvalue weighted by Gasteiger charge is 2.25. The molecule has 40 heavy (non-hydrogen) atoms. The number of carbonyl (C=O) groups excluding carboxylic acids is 3. The van der Waals surface area contributed by atoms with Gasteiger partial charge in [-0.2, -0.15) is 0 Å². The van der Waals surface area contributed by atoms with Crippen molar-refractivity contribution in [1.82, 2.24) is 9.55 Å². The Morgan fingerprint density at radius 1 is 0.975 bits per heavy atom. The van der Waals surface area contributed by atoms with Gasteiger partial charge in [0.15, 0.2) is 23.1 Å². The fourth-order valence-corrected chi connectivity index (χ4v) is 5.88. The number of fused-ring (bicyclic) bond motifs is 1. The minimum atomic E-state index is -0.144. The molecule has 0 atom stereocenters. The fourth-order valence-electron chi connectivity index (χ4n) is 4.87. The predicted molar refractivity (Wildman–Crippen MR) is 161 cm³/mol. The summed E-state index contributed by atoms with van der Waals surface area (Å²) < 4.78 is 8.64. The number of pyridine rings is 1. The number of rotatable bonds is 14. The molecule has 210 valence electrons. The third kappa shape index (κ3) is 6.88. The third-order valence-electron chi connectivity index (χ3n) is 6.84. The molecule has 6 nitrogen and oxygen atoms in total. The number of thiophene rings is 1. The average Bonchev–Trinajstić information content (AvgIpc) is 3.48. The van der Waals surface area contributed by atoms with E-state index in [1.165, 1.54) is 11.3 Å². The quantitative estimate of drug-likeness (QED) is 0.112. The average molecular weight is 579 g/mol. The van der Waals surface area contributed by atoms with Gasteiger partial charge in [-0.1, -0.05) is 55.3 Å². The van der Waals surface area contributed by atoms with Gasteiger partial charge < -0.3 is 9.30 Å². The molecule has 1 aromatic carbocycles. The monoisotopic (exact) mass is 578 g/mol. The van der Waals surface area contributed by atoms with E-state index < -0.39 is 0 Å². The lowest BCUT2D eigenvalue weighted by atomic mass is 10.00. The highest BCUT2D eigenvalue weighted by atomic mass is 35.5. The predicted octanol–water partition coefficient (Wildman–Crippen LogP) is 8.08. The molecule has 0 fully saturated rings. The normalized spacial score (nSPS) is 11.3. The second kappa shape index (κ2) is 13.4. The summed E-state index contributed by atoms with van der Waals surface area (Å²) in [7, 11) is 1.84. The lowest BCUT2D eigenvalue weighted by molar-refractivity contribution is 0.0962. The topological polar surface area (TPSA) is 78.3 Å². The van der Waals surface area contributed by atoms with Crippen LogP contribution in [0.5, 0.6) is 5.75 Å². The third-order valence-corrected chi connectivity index (χ3v) is 8.11. The Morgan fingerprint density at radius 3 is 2.30 bits per heavy atom. The molecule has 0 amide bonds. The molecule has 0 radical (unpaired) electrons. The molecule has 3 heterocycles. The van der Waals surface area contributed by atoms with Crippen LogP contribution in [0.15, 0.2) is 48.5 Å². The molecular weight excluding hydrogens is 544 g/mol. The van der Waals surface area contributed by atoms with Gasteiger partial charge in [-0.15, -0.1) is 11.3 Å². The van der Waals surface area contributed by atoms with Gasteiger partial charge in [0.1, 0.15) is 11.3 Å². The SMILES string of the molecule is CCc1nc2c(cc1CC(=O)c1ccccc1)c(OC(C)C)c(C(=O)CCCCCC(=O)c1ccc(Cl)s1)n2C. The van der Waals surface area contributed by atoms with E-state index in [9.17, 15) is 14.4 Å². The second-order valence-electron chi connectivity index (χ2n) is 10.2. The second-order valence-corrected chi connectivity index (χ2v) is 11.9. The number of halogens is 1. The van der Waals surface area contributed by atoms with Crippen LogP contribution < -0.4 is 4.74 Å². The molecule has 0 N–H and O–H groups in total. The van der Waals surface area contributed by atoms with Crippen molar-refractivity contribution in [2.24, 2.45) is 7.05 Å². The van der Waals surface area contributed by atoms with Crippen LogP contribution in [0, 0.1) is 0 Å². The Morgan fingerprint density at radius 2 is 1.68 bits per heavy atom. The van der Waals surface area contributed by atoms with E-state index in [0.717, 1.165) is 23.1 Å². The number of aryl methyl sites for hydroxylation is 2. The molecule has 3 aromatic heterocycles. The molecule has 4 rings (SSSR count). The summed E-state index contributed by atoms with van der Waals surface area (Å²) >= 11 is 7.24. The standard InChI is InChI=1S/C32H35ClN2O4S/c1-5-24-22(19-27(38)21-12-8-6-9-13-21)18-23-31(39-20(2)3)30(35(4)32(23)34-24)26(37)15-11-7-10-14-25(36)28-16-17-29(33)40-28/h6,8-9,12-13,16-18,20H,5,7,10-11,14-15,19H2,1-4H3. The van der Waals surface area contributed by atoms with Gasteiger partial charge >= 0.3 is 0 Å². The van der Waals surface area contributed by atoms with Crippen molar-refractivity contribution in [1.29, 1.82) is 0 Å². The first-order valence-corrected chi connectivity index (χ1v) is 15.0. The number of ketones is 3. The van der Waals surface area contributed by atoms with E-state index in [1.807, 2.05) is 68.8 Å². The Bertz CT molecular complexity index is 1520. The molecule has 0 spiro atoms. The van der Waals surface area contributed by atoms with Crippen LogP contribution >= 0.6 is 22.9 Å². The number of ether oxygens (including phenoxy) is 1. The fraction of sp³-hybridized carbons (Fsp3) is 0.375. The van der Waals surface area contributed by atoms with E-state index in [1.54, 1.807) is 12.1 Å². The Labute approximate surface area is 244 Å². The minimum absolute atomic E-state index is 0.0209. The van der Waals surface area contributed by atoms with Crippen molar-refractivity contribution < 1.29 is 19.1 Å². The van der Waals surface area contributed by atoms with E-state index in [4.69, 9.17) is 21.3 Å². The molecule has 0 saturated heterocycles. The van der Waals surface area contributed by atoms with E-state index in [0.29, 0.717) is 64.0 Å². The zero-order valence-electron chi connectivity index (χ0n) is 23.5. The molecule has 0 unspecified atom stereocenters. The number of benzene rings is 1. The summed E-state index contributed by atoms with van der Waals surface area (Å²) in [5.41, 5.74) is 3.51. The number of hydrogen-bond acceptors (Lipinski definition) is 6. The summed E-state index contributed by atoms with van der Waals surface area (Å²) in [5, 5.41) is 0.743. The molecule has 0 aliphatic rings. The lowest BCUT2D eigenvalue weighted by Crippen LogP contribution is -2.12. The smallest absolute Gasteiger partial charge is 0.183 e. The summed E-state index contributed by atoms with van der Waals surface area (Å²) in [5.74, 6) is 0.609. The zero-order valence-corrected chi connectivity index (χ0v) is 25.0. The molecule has 0 aliphatic carbocycles. The number of aromatic nitrogens is 2. The van der Waals surface area contributed by atoms with Crippen molar-refractivity contribution in [2.45, 2.75) is 71.8 Å². The maximum atomic E-state index is 13.5. The Kier molecular flexibility index (Phi) is 9.93. The largest absolute Gasteiger partial charge is 0.488 e. The molecule has 0 aliphatic heterocycles. The molecule has 8 heteroatoms. The van der Waals surface area contributed by atoms with E-state index in [2.05, 4.69) is 0 Å². The number of nitrogens with zero attached hydrogens (tertiary/aromatic N) is 2. The van der Waals surface area contributed by atoms with Crippen LogP contribution in [0.2, 0.25) is 4.34 Å². The maximum absolute atomic E-state index is 13.5. The van der Waals surface area contributed by atoms with Gasteiger partial charge in [0.05, 0.1) is 20.7 Å². The summed E-state index contributed by atoms with van der Waals surface area (Å²) in [6.07, 6.45) is 3.69. The van der Waals surface area contributed by atoms with Crippen LogP contribution in [0.3, 0.4) is 0 Å². The summed E-state index contributed by atoms with van der Waals surface area (Å²) in [6.45, 7) is 5.88. The van der Waals surface area contributed by atoms with Crippen molar-refractivity contribution in [2.75, 3.05) is 0 Å². The van der Waals surface area contributed by atoms with Gasteiger partial charge in [0.25, 0.3) is 0 Å². The molecule has 0 saturated carbocycles. The van der Waals surface area contributed by atoms with E-state index >= 15 is 0 Å². The van der Waals surface area contributed by atoms with Gasteiger partial charge in [-0.3, -0.25) is 14.4 Å². The number of unbranched alkanes of at least 4 members (excludes halogenated alkanes) is 2. The van der Waals surface area contributed by atoms with Crippen molar-refractivity contribution in [3.8, 4) is 5.75 Å². The van der Waals surface area contributed by atoms with Crippen molar-refractivity contribution in [3.63, 3.8) is 0 Å². The summed E-state index contributed by atoms with van der Waals surface area (Å²) in [6, 6.07) is 14.7.